The molecule has 1 unspecified atom stereocenters. The lowest BCUT2D eigenvalue weighted by atomic mass is 10.3. The van der Waals surface area contributed by atoms with Crippen molar-refractivity contribution in [1.29, 1.82) is 0 Å². The molecule has 0 aromatic rings. The summed E-state index contributed by atoms with van der Waals surface area (Å²) >= 11 is 0. The van der Waals surface area contributed by atoms with Gasteiger partial charge in [-0.15, -0.1) is 0 Å². The van der Waals surface area contributed by atoms with Crippen LogP contribution in [0, 0.1) is 0 Å². The van der Waals surface area contributed by atoms with Crippen LogP contribution in [0.15, 0.2) is 0 Å². The maximum atomic E-state index is 11.1. The number of carbonyl (C=O) groups excluding carboxylic acids is 2. The quantitative estimate of drug-likeness (QED) is 0.353. The Kier molecular flexibility index (Phi) is 2.32. The van der Waals surface area contributed by atoms with Crippen molar-refractivity contribution in [3.05, 3.63) is 0 Å². The molecule has 0 spiro atoms. The van der Waals surface area contributed by atoms with E-state index in [1.165, 1.54) is 6.92 Å². The summed E-state index contributed by atoms with van der Waals surface area (Å²) in [5.41, 5.74) is 4.70. The number of carbonyl (C=O) groups is 2. The van der Waals surface area contributed by atoms with Crippen LogP contribution in [0.3, 0.4) is 0 Å². The van der Waals surface area contributed by atoms with Gasteiger partial charge in [-0.2, -0.15) is 0 Å². The minimum atomic E-state index is -0.851. The molecule has 5 nitrogen and oxygen atoms in total. The van der Waals surface area contributed by atoms with Crippen LogP contribution in [0.25, 0.3) is 0 Å². The summed E-state index contributed by atoms with van der Waals surface area (Å²) in [7, 11) is 0. The molecule has 1 aliphatic rings. The normalized spacial score (nSPS) is 20.8. The third kappa shape index (κ3) is 1.94. The highest BCUT2D eigenvalue weighted by Gasteiger charge is 2.48. The molecule has 68 valence electrons. The molecule has 12 heavy (non-hydrogen) atoms. The number of ether oxygens (including phenoxy) is 2. The first-order valence-electron chi connectivity index (χ1n) is 3.67. The molecule has 0 heterocycles. The van der Waals surface area contributed by atoms with Crippen LogP contribution in [-0.4, -0.2) is 24.3 Å². The van der Waals surface area contributed by atoms with Gasteiger partial charge in [-0.3, -0.25) is 4.79 Å². The number of rotatable bonds is 4. The van der Waals surface area contributed by atoms with Gasteiger partial charge in [0.05, 0.1) is 0 Å². The zero-order valence-corrected chi connectivity index (χ0v) is 6.78. The van der Waals surface area contributed by atoms with E-state index in [-0.39, 0.29) is 6.47 Å². The Morgan fingerprint density at radius 3 is 2.67 bits per heavy atom. The summed E-state index contributed by atoms with van der Waals surface area (Å²) in [4.78, 5) is 20.9. The van der Waals surface area contributed by atoms with E-state index >= 15 is 0 Å². The van der Waals surface area contributed by atoms with Gasteiger partial charge >= 0.3 is 5.97 Å². The van der Waals surface area contributed by atoms with E-state index in [0.717, 1.165) is 0 Å². The van der Waals surface area contributed by atoms with E-state index in [4.69, 9.17) is 10.5 Å². The van der Waals surface area contributed by atoms with Gasteiger partial charge in [-0.05, 0) is 12.8 Å². The van der Waals surface area contributed by atoms with Gasteiger partial charge in [-0.1, -0.05) is 0 Å². The van der Waals surface area contributed by atoms with E-state index in [1.54, 1.807) is 0 Å². The van der Waals surface area contributed by atoms with Crippen LogP contribution in [0.2, 0.25) is 0 Å². The van der Waals surface area contributed by atoms with Crippen molar-refractivity contribution in [3.8, 4) is 0 Å². The molecule has 5 heteroatoms. The van der Waals surface area contributed by atoms with Gasteiger partial charge in [0.1, 0.15) is 5.54 Å². The van der Waals surface area contributed by atoms with Gasteiger partial charge in [0, 0.05) is 6.92 Å². The Hall–Kier alpha value is -1.10. The Balaban J connectivity index is 2.30. The molecule has 0 amide bonds. The smallest absolute Gasteiger partial charge is 0.329 e. The van der Waals surface area contributed by atoms with Crippen molar-refractivity contribution in [1.82, 2.24) is 0 Å². The molecule has 1 saturated carbocycles. The first-order chi connectivity index (χ1) is 5.58. The highest BCUT2D eigenvalue weighted by Crippen LogP contribution is 2.33. The van der Waals surface area contributed by atoms with E-state index in [0.29, 0.717) is 12.8 Å². The van der Waals surface area contributed by atoms with Crippen molar-refractivity contribution >= 4 is 12.4 Å². The van der Waals surface area contributed by atoms with Gasteiger partial charge in [0.2, 0.25) is 6.29 Å². The Bertz CT molecular complexity index is 200. The molecule has 0 radical (unpaired) electrons. The van der Waals surface area contributed by atoms with Gasteiger partial charge < -0.3 is 15.2 Å². The van der Waals surface area contributed by atoms with Crippen molar-refractivity contribution < 1.29 is 19.1 Å². The van der Waals surface area contributed by atoms with Crippen molar-refractivity contribution in [2.45, 2.75) is 31.6 Å². The summed E-state index contributed by atoms with van der Waals surface area (Å²) < 4.78 is 9.06. The largest absolute Gasteiger partial charge is 0.428 e. The van der Waals surface area contributed by atoms with Crippen LogP contribution in [0.4, 0.5) is 0 Å². The number of nitrogens with two attached hydrogens (primary N) is 1. The second-order valence-corrected chi connectivity index (χ2v) is 2.86. The summed E-state index contributed by atoms with van der Waals surface area (Å²) in [6, 6.07) is 0. The van der Waals surface area contributed by atoms with Gasteiger partial charge in [0.15, 0.2) is 0 Å². The van der Waals surface area contributed by atoms with Crippen LogP contribution in [-0.2, 0) is 19.1 Å². The summed E-state index contributed by atoms with van der Waals surface area (Å²) in [5, 5.41) is 0. The Morgan fingerprint density at radius 2 is 2.25 bits per heavy atom. The van der Waals surface area contributed by atoms with Crippen molar-refractivity contribution in [2.24, 2.45) is 5.73 Å². The first kappa shape index (κ1) is 8.99. The lowest BCUT2D eigenvalue weighted by molar-refractivity contribution is -0.178. The third-order valence-electron chi connectivity index (χ3n) is 1.72. The highest BCUT2D eigenvalue weighted by molar-refractivity contribution is 5.83. The summed E-state index contributed by atoms with van der Waals surface area (Å²) in [6.45, 7) is 1.69. The fourth-order valence-electron chi connectivity index (χ4n) is 0.713. The van der Waals surface area contributed by atoms with Crippen molar-refractivity contribution in [2.75, 3.05) is 0 Å². The van der Waals surface area contributed by atoms with E-state index in [2.05, 4.69) is 4.74 Å². The average Bonchev–Trinajstić information content (AvgIpc) is 2.69. The predicted molar refractivity (Wildman–Crippen MR) is 38.9 cm³/mol. The van der Waals surface area contributed by atoms with E-state index < -0.39 is 17.8 Å². The molecule has 1 aliphatic carbocycles. The molecule has 0 aromatic heterocycles. The van der Waals surface area contributed by atoms with Gasteiger partial charge in [0.25, 0.3) is 6.47 Å². The van der Waals surface area contributed by atoms with Crippen LogP contribution in [0.1, 0.15) is 19.8 Å². The minimum absolute atomic E-state index is 0.230. The second kappa shape index (κ2) is 3.10. The molecular formula is C7H11NO4. The molecule has 0 bridgehead atoms. The van der Waals surface area contributed by atoms with E-state index in [1.807, 2.05) is 0 Å². The standard InChI is InChI=1S/C7H11NO4/c1-5(11-4-9)12-6(10)7(8)2-3-7/h4-5H,2-3,8H2,1H3. The van der Waals surface area contributed by atoms with Crippen LogP contribution in [0.5, 0.6) is 0 Å². The second-order valence-electron chi connectivity index (χ2n) is 2.86. The SMILES string of the molecule is CC(OC=O)OC(=O)C1(N)CC1. The van der Waals surface area contributed by atoms with Gasteiger partial charge in [-0.25, -0.2) is 4.79 Å². The molecule has 1 rings (SSSR count). The maximum absolute atomic E-state index is 11.1. The molecule has 2 N–H and O–H groups in total. The zero-order valence-electron chi connectivity index (χ0n) is 6.78. The van der Waals surface area contributed by atoms with Crippen LogP contribution >= 0.6 is 0 Å². The summed E-state index contributed by atoms with van der Waals surface area (Å²) in [6.07, 6.45) is 0.426. The van der Waals surface area contributed by atoms with E-state index in [9.17, 15) is 9.59 Å². The molecular weight excluding hydrogens is 162 g/mol. The fourth-order valence-corrected chi connectivity index (χ4v) is 0.713. The van der Waals surface area contributed by atoms with Crippen molar-refractivity contribution in [3.63, 3.8) is 0 Å². The topological polar surface area (TPSA) is 78.6 Å². The number of esters is 1. The Labute approximate surface area is 69.8 Å². The summed E-state index contributed by atoms with van der Waals surface area (Å²) in [5.74, 6) is -0.503. The van der Waals surface area contributed by atoms with Crippen LogP contribution < -0.4 is 5.73 Å². The first-order valence-corrected chi connectivity index (χ1v) is 3.67. The molecule has 0 aromatic carbocycles. The predicted octanol–water partition coefficient (Wildman–Crippen LogP) is -0.460. The fraction of sp³-hybridized carbons (Fsp3) is 0.714. The molecule has 0 aliphatic heterocycles. The third-order valence-corrected chi connectivity index (χ3v) is 1.72. The maximum Gasteiger partial charge on any atom is 0.329 e. The molecule has 1 atom stereocenters. The average molecular weight is 173 g/mol. The lowest BCUT2D eigenvalue weighted by Crippen LogP contribution is -2.37. The molecule has 0 saturated heterocycles. The minimum Gasteiger partial charge on any atom is -0.428 e. The highest BCUT2D eigenvalue weighted by atomic mass is 16.7. The monoisotopic (exact) mass is 173 g/mol. The Morgan fingerprint density at radius 1 is 1.67 bits per heavy atom. The molecule has 1 fully saturated rings. The number of hydrogen-bond acceptors (Lipinski definition) is 5. The lowest BCUT2D eigenvalue weighted by Gasteiger charge is -2.13. The number of hydrogen-bond donors (Lipinski definition) is 1. The zero-order chi connectivity index (χ0) is 9.19.